The molecular formula is C21H29N3O6S. The van der Waals surface area contributed by atoms with Crippen LogP contribution in [0.5, 0.6) is 5.75 Å². The molecule has 2 aromatic rings. The van der Waals surface area contributed by atoms with Crippen LogP contribution >= 0.6 is 0 Å². The number of amides is 1. The van der Waals surface area contributed by atoms with Crippen LogP contribution in [-0.2, 0) is 19.6 Å². The van der Waals surface area contributed by atoms with Gasteiger partial charge in [-0.05, 0) is 50.2 Å². The number of nitrogens with one attached hydrogen (secondary N) is 2. The van der Waals surface area contributed by atoms with Crippen molar-refractivity contribution in [3.8, 4) is 5.75 Å². The molecule has 1 fully saturated rings. The van der Waals surface area contributed by atoms with E-state index in [1.165, 1.54) is 26.2 Å². The van der Waals surface area contributed by atoms with Crippen LogP contribution in [0.4, 0.5) is 0 Å². The highest BCUT2D eigenvalue weighted by molar-refractivity contribution is 7.89. The van der Waals surface area contributed by atoms with E-state index in [0.29, 0.717) is 25.5 Å². The molecule has 1 unspecified atom stereocenters. The molecule has 0 bridgehead atoms. The number of ether oxygens (including phenoxy) is 2. The van der Waals surface area contributed by atoms with Gasteiger partial charge in [-0.1, -0.05) is 0 Å². The number of sulfonamides is 1. The number of furan rings is 1. The van der Waals surface area contributed by atoms with Crippen molar-refractivity contribution in [2.24, 2.45) is 0 Å². The summed E-state index contributed by atoms with van der Waals surface area (Å²) in [5.41, 5.74) is 0. The molecule has 3 rings (SSSR count). The van der Waals surface area contributed by atoms with Gasteiger partial charge in [0.1, 0.15) is 17.3 Å². The molecule has 31 heavy (non-hydrogen) atoms. The minimum absolute atomic E-state index is 0.0604. The summed E-state index contributed by atoms with van der Waals surface area (Å²) in [6.45, 7) is 6.34. The number of methoxy groups -OCH3 is 1. The van der Waals surface area contributed by atoms with Gasteiger partial charge in [0.25, 0.3) is 0 Å². The van der Waals surface area contributed by atoms with Crippen molar-refractivity contribution < 1.29 is 27.1 Å². The zero-order valence-electron chi connectivity index (χ0n) is 18.0. The number of rotatable bonds is 9. The van der Waals surface area contributed by atoms with Gasteiger partial charge in [-0.15, -0.1) is 0 Å². The first kappa shape index (κ1) is 23.3. The molecule has 2 atom stereocenters. The molecule has 0 spiro atoms. The average molecular weight is 452 g/mol. The highest BCUT2D eigenvalue weighted by Crippen LogP contribution is 2.23. The number of benzene rings is 1. The highest BCUT2D eigenvalue weighted by Gasteiger charge is 2.27. The van der Waals surface area contributed by atoms with E-state index >= 15 is 0 Å². The van der Waals surface area contributed by atoms with Crippen LogP contribution in [0, 0.1) is 6.92 Å². The third-order valence-corrected chi connectivity index (χ3v) is 6.70. The smallest absolute Gasteiger partial charge is 0.241 e. The van der Waals surface area contributed by atoms with Crippen molar-refractivity contribution in [1.82, 2.24) is 14.9 Å². The lowest BCUT2D eigenvalue weighted by Crippen LogP contribution is -2.48. The predicted molar refractivity (Wildman–Crippen MR) is 114 cm³/mol. The van der Waals surface area contributed by atoms with Crippen LogP contribution in [0.25, 0.3) is 0 Å². The second kappa shape index (κ2) is 10.3. The maximum absolute atomic E-state index is 12.6. The van der Waals surface area contributed by atoms with Gasteiger partial charge in [-0.3, -0.25) is 9.69 Å². The summed E-state index contributed by atoms with van der Waals surface area (Å²) in [5, 5.41) is 2.85. The Hall–Kier alpha value is -2.40. The first-order valence-corrected chi connectivity index (χ1v) is 11.6. The first-order valence-electron chi connectivity index (χ1n) is 10.1. The number of hydrogen-bond acceptors (Lipinski definition) is 7. The molecule has 2 N–H and O–H groups in total. The SMILES string of the molecule is COc1ccc(S(=O)(=O)N[C@@H](C)C(=O)NCC(c2ccc(C)o2)N2CCOCC2)cc1. The van der Waals surface area contributed by atoms with Crippen molar-refractivity contribution in [2.45, 2.75) is 30.8 Å². The fourth-order valence-electron chi connectivity index (χ4n) is 3.39. The van der Waals surface area contributed by atoms with Crippen LogP contribution in [0.3, 0.4) is 0 Å². The molecule has 1 saturated heterocycles. The maximum Gasteiger partial charge on any atom is 0.241 e. The topological polar surface area (TPSA) is 110 Å². The lowest BCUT2D eigenvalue weighted by atomic mass is 10.1. The van der Waals surface area contributed by atoms with E-state index in [2.05, 4.69) is 14.9 Å². The lowest BCUT2D eigenvalue weighted by Gasteiger charge is -2.33. The molecule has 0 saturated carbocycles. The number of hydrogen-bond donors (Lipinski definition) is 2. The largest absolute Gasteiger partial charge is 0.497 e. The van der Waals surface area contributed by atoms with Crippen molar-refractivity contribution in [3.63, 3.8) is 0 Å². The fourth-order valence-corrected chi connectivity index (χ4v) is 4.59. The summed E-state index contributed by atoms with van der Waals surface area (Å²) in [7, 11) is -2.35. The number of carbonyl (C=O) groups excluding carboxylic acids is 1. The van der Waals surface area contributed by atoms with Gasteiger partial charge in [0.2, 0.25) is 15.9 Å². The van der Waals surface area contributed by atoms with Crippen molar-refractivity contribution in [2.75, 3.05) is 40.0 Å². The summed E-state index contributed by atoms with van der Waals surface area (Å²) in [5.74, 6) is 1.68. The Balaban J connectivity index is 1.62. The van der Waals surface area contributed by atoms with Gasteiger partial charge in [-0.25, -0.2) is 8.42 Å². The predicted octanol–water partition coefficient (Wildman–Crippen LogP) is 1.45. The molecule has 0 aliphatic carbocycles. The van der Waals surface area contributed by atoms with Crippen molar-refractivity contribution in [3.05, 3.63) is 47.9 Å². The van der Waals surface area contributed by atoms with E-state index in [1.54, 1.807) is 12.1 Å². The number of nitrogens with zero attached hydrogens (tertiary/aromatic N) is 1. The molecule has 170 valence electrons. The van der Waals surface area contributed by atoms with E-state index in [1.807, 2.05) is 19.1 Å². The minimum atomic E-state index is -3.85. The van der Waals surface area contributed by atoms with Crippen LogP contribution < -0.4 is 14.8 Å². The third-order valence-electron chi connectivity index (χ3n) is 5.14. The average Bonchev–Trinajstić information content (AvgIpc) is 3.20. The first-order chi connectivity index (χ1) is 14.8. The standard InChI is InChI=1S/C21H29N3O6S/c1-15-4-9-20(30-15)19(24-10-12-29-13-11-24)14-22-21(25)16(2)23-31(26,27)18-7-5-17(28-3)6-8-18/h4-9,16,19,23H,10-14H2,1-3H3,(H,22,25)/t16-,19?/m0/s1. The minimum Gasteiger partial charge on any atom is -0.497 e. The van der Waals surface area contributed by atoms with Crippen LogP contribution in [0.2, 0.25) is 0 Å². The Morgan fingerprint density at radius 3 is 2.42 bits per heavy atom. The van der Waals surface area contributed by atoms with E-state index in [4.69, 9.17) is 13.9 Å². The van der Waals surface area contributed by atoms with E-state index in [9.17, 15) is 13.2 Å². The molecule has 10 heteroatoms. The summed E-state index contributed by atoms with van der Waals surface area (Å²) >= 11 is 0. The molecule has 1 aromatic heterocycles. The zero-order valence-corrected chi connectivity index (χ0v) is 18.8. The molecule has 2 heterocycles. The van der Waals surface area contributed by atoms with E-state index < -0.39 is 22.0 Å². The molecule has 1 aliphatic heterocycles. The zero-order chi connectivity index (χ0) is 22.4. The Labute approximate surface area is 182 Å². The van der Waals surface area contributed by atoms with Crippen LogP contribution in [0.1, 0.15) is 24.5 Å². The van der Waals surface area contributed by atoms with Gasteiger partial charge >= 0.3 is 0 Å². The van der Waals surface area contributed by atoms with E-state index in [0.717, 1.165) is 24.6 Å². The summed E-state index contributed by atoms with van der Waals surface area (Å²) in [4.78, 5) is 14.9. The van der Waals surface area contributed by atoms with Crippen molar-refractivity contribution >= 4 is 15.9 Å². The Bertz CT molecular complexity index is 967. The molecule has 9 nitrogen and oxygen atoms in total. The lowest BCUT2D eigenvalue weighted by molar-refractivity contribution is -0.122. The molecular weight excluding hydrogens is 422 g/mol. The van der Waals surface area contributed by atoms with Gasteiger partial charge in [0.15, 0.2) is 0 Å². The van der Waals surface area contributed by atoms with Crippen LogP contribution in [-0.4, -0.2) is 65.2 Å². The van der Waals surface area contributed by atoms with Gasteiger partial charge in [-0.2, -0.15) is 4.72 Å². The molecule has 1 aliphatic rings. The maximum atomic E-state index is 12.6. The highest BCUT2D eigenvalue weighted by atomic mass is 32.2. The Morgan fingerprint density at radius 2 is 1.84 bits per heavy atom. The number of carbonyl (C=O) groups is 1. The normalized spacial score (nSPS) is 17.1. The molecule has 1 aromatic carbocycles. The quantitative estimate of drug-likeness (QED) is 0.594. The molecule has 0 radical (unpaired) electrons. The fraction of sp³-hybridized carbons (Fsp3) is 0.476. The van der Waals surface area contributed by atoms with E-state index in [-0.39, 0.29) is 10.9 Å². The second-order valence-corrected chi connectivity index (χ2v) is 9.09. The Morgan fingerprint density at radius 1 is 1.16 bits per heavy atom. The van der Waals surface area contributed by atoms with Crippen molar-refractivity contribution in [1.29, 1.82) is 0 Å². The molecule has 1 amide bonds. The Kier molecular flexibility index (Phi) is 7.71. The summed E-state index contributed by atoms with van der Waals surface area (Å²) < 4.78 is 43.9. The van der Waals surface area contributed by atoms with Gasteiger partial charge in [0, 0.05) is 19.6 Å². The van der Waals surface area contributed by atoms with Crippen LogP contribution in [0.15, 0.2) is 45.7 Å². The number of morpholine rings is 1. The second-order valence-electron chi connectivity index (χ2n) is 7.38. The van der Waals surface area contributed by atoms with Gasteiger partial charge in [0.05, 0.1) is 37.3 Å². The monoisotopic (exact) mass is 451 g/mol. The van der Waals surface area contributed by atoms with Gasteiger partial charge < -0.3 is 19.2 Å². The number of aryl methyl sites for hydroxylation is 1. The summed E-state index contributed by atoms with van der Waals surface area (Å²) in [6.07, 6.45) is 0. The third kappa shape index (κ3) is 6.07. The summed E-state index contributed by atoms with van der Waals surface area (Å²) in [6, 6.07) is 8.64.